The van der Waals surface area contributed by atoms with Gasteiger partial charge in [0.1, 0.15) is 11.6 Å². The molecule has 2 nitrogen and oxygen atoms in total. The van der Waals surface area contributed by atoms with E-state index in [1.54, 1.807) is 6.92 Å². The van der Waals surface area contributed by atoms with Crippen molar-refractivity contribution in [2.45, 2.75) is 19.0 Å². The van der Waals surface area contributed by atoms with Gasteiger partial charge in [-0.3, -0.25) is 0 Å². The largest absolute Gasteiger partial charge is 0.394 e. The topological polar surface area (TPSA) is 32.3 Å². The molecule has 2 rings (SSSR count). The summed E-state index contributed by atoms with van der Waals surface area (Å²) in [5, 5.41) is 12.6. The molecule has 2 N–H and O–H groups in total. The molecule has 0 amide bonds. The molecule has 0 aliphatic carbocycles. The summed E-state index contributed by atoms with van der Waals surface area (Å²) < 4.78 is 26.4. The number of aliphatic hydroxyl groups excluding tert-OH is 1. The Balaban J connectivity index is 2.15. The van der Waals surface area contributed by atoms with E-state index in [0.29, 0.717) is 5.56 Å². The Labute approximate surface area is 117 Å². The van der Waals surface area contributed by atoms with Crippen LogP contribution in [-0.2, 0) is 0 Å². The van der Waals surface area contributed by atoms with E-state index < -0.39 is 11.6 Å². The predicted molar refractivity (Wildman–Crippen MR) is 74.2 cm³/mol. The summed E-state index contributed by atoms with van der Waals surface area (Å²) in [6, 6.07) is 12.3. The molecule has 0 aliphatic rings. The van der Waals surface area contributed by atoms with Crippen molar-refractivity contribution < 1.29 is 13.9 Å². The SMILES string of the molecule is CC(N[C@@H](CO)c1ccccc1)c1cc(F)cc(F)c1. The number of hydrogen-bond acceptors (Lipinski definition) is 2. The van der Waals surface area contributed by atoms with E-state index in [1.807, 2.05) is 30.3 Å². The van der Waals surface area contributed by atoms with Crippen LogP contribution in [0.1, 0.15) is 30.1 Å². The van der Waals surface area contributed by atoms with Crippen molar-refractivity contribution in [3.05, 3.63) is 71.3 Å². The van der Waals surface area contributed by atoms with Gasteiger partial charge in [0.15, 0.2) is 0 Å². The zero-order valence-corrected chi connectivity index (χ0v) is 11.2. The number of halogens is 2. The number of nitrogens with one attached hydrogen (secondary N) is 1. The fraction of sp³-hybridized carbons (Fsp3) is 0.250. The maximum atomic E-state index is 13.2. The third-order valence-corrected chi connectivity index (χ3v) is 3.22. The van der Waals surface area contributed by atoms with Crippen molar-refractivity contribution in [2.24, 2.45) is 0 Å². The van der Waals surface area contributed by atoms with Crippen LogP contribution in [-0.4, -0.2) is 11.7 Å². The van der Waals surface area contributed by atoms with Gasteiger partial charge >= 0.3 is 0 Å². The lowest BCUT2D eigenvalue weighted by molar-refractivity contribution is 0.235. The van der Waals surface area contributed by atoms with E-state index in [9.17, 15) is 13.9 Å². The summed E-state index contributed by atoms with van der Waals surface area (Å²) in [5.41, 5.74) is 1.44. The van der Waals surface area contributed by atoms with Crippen LogP contribution >= 0.6 is 0 Å². The molecule has 4 heteroatoms. The predicted octanol–water partition coefficient (Wildman–Crippen LogP) is 3.35. The summed E-state index contributed by atoms with van der Waals surface area (Å²) in [7, 11) is 0. The molecule has 0 saturated heterocycles. The van der Waals surface area contributed by atoms with E-state index in [0.717, 1.165) is 11.6 Å². The van der Waals surface area contributed by atoms with Gasteiger partial charge in [-0.05, 0) is 30.2 Å². The first-order chi connectivity index (χ1) is 9.60. The normalized spacial score (nSPS) is 14.0. The average molecular weight is 277 g/mol. The monoisotopic (exact) mass is 277 g/mol. The van der Waals surface area contributed by atoms with E-state index in [1.165, 1.54) is 12.1 Å². The first kappa shape index (κ1) is 14.6. The number of rotatable bonds is 5. The van der Waals surface area contributed by atoms with Crippen molar-refractivity contribution in [2.75, 3.05) is 6.61 Å². The zero-order chi connectivity index (χ0) is 14.5. The average Bonchev–Trinajstić information content (AvgIpc) is 2.44. The lowest BCUT2D eigenvalue weighted by Crippen LogP contribution is -2.27. The molecule has 0 heterocycles. The summed E-state index contributed by atoms with van der Waals surface area (Å²) in [5.74, 6) is -1.21. The lowest BCUT2D eigenvalue weighted by atomic mass is 10.0. The second-order valence-corrected chi connectivity index (χ2v) is 4.74. The van der Waals surface area contributed by atoms with Gasteiger partial charge in [-0.15, -0.1) is 0 Å². The molecular formula is C16H17F2NO. The molecule has 0 aliphatic heterocycles. The van der Waals surface area contributed by atoms with E-state index in [-0.39, 0.29) is 18.7 Å². The fourth-order valence-electron chi connectivity index (χ4n) is 2.16. The molecule has 2 aromatic carbocycles. The smallest absolute Gasteiger partial charge is 0.126 e. The maximum absolute atomic E-state index is 13.2. The molecule has 0 saturated carbocycles. The summed E-state index contributed by atoms with van der Waals surface area (Å²) in [4.78, 5) is 0. The highest BCUT2D eigenvalue weighted by atomic mass is 19.1. The van der Waals surface area contributed by atoms with Gasteiger partial charge in [0.05, 0.1) is 12.6 Å². The molecular weight excluding hydrogens is 260 g/mol. The van der Waals surface area contributed by atoms with Gasteiger partial charge in [0.2, 0.25) is 0 Å². The minimum Gasteiger partial charge on any atom is -0.394 e. The second kappa shape index (κ2) is 6.59. The molecule has 106 valence electrons. The van der Waals surface area contributed by atoms with Crippen LogP contribution < -0.4 is 5.32 Å². The van der Waals surface area contributed by atoms with E-state index in [2.05, 4.69) is 5.32 Å². The van der Waals surface area contributed by atoms with E-state index >= 15 is 0 Å². The van der Waals surface area contributed by atoms with Crippen LogP contribution in [0.2, 0.25) is 0 Å². The standard InChI is InChI=1S/C16H17F2NO/c1-11(13-7-14(17)9-15(18)8-13)19-16(10-20)12-5-3-2-4-6-12/h2-9,11,16,19-20H,10H2,1H3/t11?,16-/m0/s1. The highest BCUT2D eigenvalue weighted by Crippen LogP contribution is 2.21. The van der Waals surface area contributed by atoms with Gasteiger partial charge < -0.3 is 10.4 Å². The number of benzene rings is 2. The van der Waals surface area contributed by atoms with E-state index in [4.69, 9.17) is 0 Å². The molecule has 0 radical (unpaired) electrons. The molecule has 2 aromatic rings. The van der Waals surface area contributed by atoms with Gasteiger partial charge in [-0.2, -0.15) is 0 Å². The molecule has 1 unspecified atom stereocenters. The highest BCUT2D eigenvalue weighted by Gasteiger charge is 2.15. The Morgan fingerprint density at radius 3 is 2.15 bits per heavy atom. The molecule has 0 aromatic heterocycles. The first-order valence-electron chi connectivity index (χ1n) is 6.48. The lowest BCUT2D eigenvalue weighted by Gasteiger charge is -2.22. The third-order valence-electron chi connectivity index (χ3n) is 3.22. The maximum Gasteiger partial charge on any atom is 0.126 e. The molecule has 2 atom stereocenters. The quantitative estimate of drug-likeness (QED) is 0.878. The number of aliphatic hydroxyl groups is 1. The molecule has 0 spiro atoms. The molecule has 0 bridgehead atoms. The van der Waals surface area contributed by atoms with Crippen molar-refractivity contribution >= 4 is 0 Å². The van der Waals surface area contributed by atoms with Gasteiger partial charge in [0.25, 0.3) is 0 Å². The summed E-state index contributed by atoms with van der Waals surface area (Å²) in [6.45, 7) is 1.71. The minimum absolute atomic E-state index is 0.0911. The van der Waals surface area contributed by atoms with Gasteiger partial charge in [-0.25, -0.2) is 8.78 Å². The molecule has 0 fully saturated rings. The highest BCUT2D eigenvalue weighted by molar-refractivity contribution is 5.23. The van der Waals surface area contributed by atoms with Crippen LogP contribution in [0.3, 0.4) is 0 Å². The fourth-order valence-corrected chi connectivity index (χ4v) is 2.16. The Morgan fingerprint density at radius 1 is 1.00 bits per heavy atom. The van der Waals surface area contributed by atoms with Crippen LogP contribution in [0.15, 0.2) is 48.5 Å². The van der Waals surface area contributed by atoms with Crippen LogP contribution in [0.4, 0.5) is 8.78 Å². The Hall–Kier alpha value is -1.78. The van der Waals surface area contributed by atoms with Gasteiger partial charge in [-0.1, -0.05) is 30.3 Å². The van der Waals surface area contributed by atoms with Crippen LogP contribution in [0, 0.1) is 11.6 Å². The van der Waals surface area contributed by atoms with Crippen molar-refractivity contribution in [3.63, 3.8) is 0 Å². The van der Waals surface area contributed by atoms with Crippen LogP contribution in [0.25, 0.3) is 0 Å². The number of hydrogen-bond donors (Lipinski definition) is 2. The minimum atomic E-state index is -0.603. The molecule has 20 heavy (non-hydrogen) atoms. The second-order valence-electron chi connectivity index (χ2n) is 4.74. The van der Waals surface area contributed by atoms with Crippen molar-refractivity contribution in [3.8, 4) is 0 Å². The Kier molecular flexibility index (Phi) is 4.82. The third kappa shape index (κ3) is 3.62. The first-order valence-corrected chi connectivity index (χ1v) is 6.48. The summed E-state index contributed by atoms with van der Waals surface area (Å²) in [6.07, 6.45) is 0. The van der Waals surface area contributed by atoms with Crippen molar-refractivity contribution in [1.82, 2.24) is 5.32 Å². The Bertz CT molecular complexity index is 539. The summed E-state index contributed by atoms with van der Waals surface area (Å²) >= 11 is 0. The van der Waals surface area contributed by atoms with Gasteiger partial charge in [0, 0.05) is 12.1 Å². The Morgan fingerprint density at radius 2 is 1.60 bits per heavy atom. The van der Waals surface area contributed by atoms with Crippen molar-refractivity contribution in [1.29, 1.82) is 0 Å². The zero-order valence-electron chi connectivity index (χ0n) is 11.2. The van der Waals surface area contributed by atoms with Crippen LogP contribution in [0.5, 0.6) is 0 Å².